The number of nitrogens with two attached hydrogens (primary N) is 1. The van der Waals surface area contributed by atoms with Crippen molar-refractivity contribution < 1.29 is 9.53 Å². The van der Waals surface area contributed by atoms with Crippen LogP contribution in [-0.4, -0.2) is 18.6 Å². The quantitative estimate of drug-likeness (QED) is 0.898. The summed E-state index contributed by atoms with van der Waals surface area (Å²) >= 11 is 0. The largest absolute Gasteiger partial charge is 0.496 e. The lowest BCUT2D eigenvalue weighted by atomic mass is 9.74. The maximum Gasteiger partial charge on any atom is 0.225 e. The number of carbonyl (C=O) groups is 1. The number of hydrogen-bond acceptors (Lipinski definition) is 3. The van der Waals surface area contributed by atoms with Crippen LogP contribution < -0.4 is 15.8 Å². The number of amides is 1. The maximum atomic E-state index is 12.4. The van der Waals surface area contributed by atoms with Crippen LogP contribution in [0.2, 0.25) is 0 Å². The van der Waals surface area contributed by atoms with E-state index in [1.54, 1.807) is 7.11 Å². The van der Waals surface area contributed by atoms with Crippen molar-refractivity contribution >= 4 is 18.3 Å². The number of hydrogen-bond donors (Lipinski definition) is 2. The maximum absolute atomic E-state index is 12.4. The summed E-state index contributed by atoms with van der Waals surface area (Å²) in [6, 6.07) is 7.72. The predicted molar refractivity (Wildman–Crippen MR) is 86.6 cm³/mol. The average Bonchev–Trinajstić information content (AvgIpc) is 2.44. The first-order valence-electron chi connectivity index (χ1n) is 7.23. The summed E-state index contributed by atoms with van der Waals surface area (Å²) in [6.07, 6.45) is 3.99. The molecule has 0 spiro atoms. The first kappa shape index (κ1) is 17.8. The monoisotopic (exact) mass is 312 g/mol. The molecule has 3 N–H and O–H groups in total. The molecule has 0 radical (unpaired) electrons. The molecule has 1 aromatic carbocycles. The lowest BCUT2D eigenvalue weighted by Crippen LogP contribution is -2.52. The number of nitrogens with one attached hydrogen (secondary N) is 1. The Hall–Kier alpha value is -1.26. The van der Waals surface area contributed by atoms with E-state index >= 15 is 0 Å². The van der Waals surface area contributed by atoms with Crippen molar-refractivity contribution in [3.05, 3.63) is 29.8 Å². The Morgan fingerprint density at radius 3 is 2.81 bits per heavy atom. The zero-order valence-electron chi connectivity index (χ0n) is 12.7. The second-order valence-corrected chi connectivity index (χ2v) is 5.83. The lowest BCUT2D eigenvalue weighted by molar-refractivity contribution is -0.128. The topological polar surface area (TPSA) is 64.3 Å². The highest BCUT2D eigenvalue weighted by molar-refractivity contribution is 5.85. The van der Waals surface area contributed by atoms with Gasteiger partial charge in [0.25, 0.3) is 0 Å². The summed E-state index contributed by atoms with van der Waals surface area (Å²) in [5.41, 5.74) is 6.86. The van der Waals surface area contributed by atoms with Crippen LogP contribution in [0.1, 0.15) is 38.2 Å². The average molecular weight is 313 g/mol. The Kier molecular flexibility index (Phi) is 6.49. The molecule has 1 aliphatic rings. The van der Waals surface area contributed by atoms with Crippen LogP contribution in [0.5, 0.6) is 5.75 Å². The highest BCUT2D eigenvalue weighted by atomic mass is 35.5. The van der Waals surface area contributed by atoms with Gasteiger partial charge in [-0.2, -0.15) is 0 Å². The molecule has 0 bridgehead atoms. The minimum Gasteiger partial charge on any atom is -0.496 e. The van der Waals surface area contributed by atoms with Crippen LogP contribution in [0.3, 0.4) is 0 Å². The third-order valence-corrected chi connectivity index (χ3v) is 4.22. The molecule has 5 heteroatoms. The second-order valence-electron chi connectivity index (χ2n) is 5.83. The summed E-state index contributed by atoms with van der Waals surface area (Å²) in [5, 5.41) is 3.00. The molecule has 1 saturated carbocycles. The van der Waals surface area contributed by atoms with Crippen molar-refractivity contribution in [3.8, 4) is 5.75 Å². The summed E-state index contributed by atoms with van der Waals surface area (Å²) in [4.78, 5) is 12.4. The van der Waals surface area contributed by atoms with Crippen LogP contribution in [-0.2, 0) is 11.3 Å². The van der Waals surface area contributed by atoms with E-state index in [2.05, 4.69) is 5.32 Å². The van der Waals surface area contributed by atoms with Gasteiger partial charge >= 0.3 is 0 Å². The van der Waals surface area contributed by atoms with Gasteiger partial charge in [0.1, 0.15) is 5.75 Å². The fraction of sp³-hybridized carbons (Fsp3) is 0.562. The second kappa shape index (κ2) is 7.66. The Morgan fingerprint density at radius 1 is 1.43 bits per heavy atom. The standard InChI is InChI=1S/C16H24N2O2.ClH/c1-16(17)10-6-5-8-13(16)15(19)18-11-12-7-3-4-9-14(12)20-2;/h3-4,7,9,13H,5-6,8,10-11,17H2,1-2H3,(H,18,19);1H. The zero-order chi connectivity index (χ0) is 14.6. The molecule has 2 rings (SSSR count). The molecule has 0 aliphatic heterocycles. The van der Waals surface area contributed by atoms with Crippen molar-refractivity contribution in [1.82, 2.24) is 5.32 Å². The van der Waals surface area contributed by atoms with E-state index in [1.165, 1.54) is 0 Å². The molecule has 0 saturated heterocycles. The first-order chi connectivity index (χ1) is 9.54. The van der Waals surface area contributed by atoms with Crippen molar-refractivity contribution in [2.75, 3.05) is 7.11 Å². The van der Waals surface area contributed by atoms with Gasteiger partial charge in [-0.05, 0) is 25.8 Å². The lowest BCUT2D eigenvalue weighted by Gasteiger charge is -2.37. The molecule has 4 nitrogen and oxygen atoms in total. The third-order valence-electron chi connectivity index (χ3n) is 4.22. The van der Waals surface area contributed by atoms with E-state index in [-0.39, 0.29) is 29.8 Å². The molecule has 21 heavy (non-hydrogen) atoms. The van der Waals surface area contributed by atoms with E-state index in [0.29, 0.717) is 6.54 Å². The number of ether oxygens (including phenoxy) is 1. The SMILES string of the molecule is COc1ccccc1CNC(=O)C1CCCCC1(C)N.Cl. The molecule has 1 amide bonds. The predicted octanol–water partition coefficient (Wildman–Crippen LogP) is 2.64. The third kappa shape index (κ3) is 4.35. The van der Waals surface area contributed by atoms with Gasteiger partial charge in [0.15, 0.2) is 0 Å². The Balaban J connectivity index is 0.00000220. The van der Waals surface area contributed by atoms with Crippen molar-refractivity contribution in [1.29, 1.82) is 0 Å². The fourth-order valence-corrected chi connectivity index (χ4v) is 2.94. The summed E-state index contributed by atoms with van der Waals surface area (Å²) in [6.45, 7) is 2.47. The summed E-state index contributed by atoms with van der Waals surface area (Å²) < 4.78 is 5.29. The molecule has 1 fully saturated rings. The van der Waals surface area contributed by atoms with Crippen LogP contribution in [0.4, 0.5) is 0 Å². The van der Waals surface area contributed by atoms with Crippen LogP contribution in [0.15, 0.2) is 24.3 Å². The minimum atomic E-state index is -0.386. The number of benzene rings is 1. The number of carbonyl (C=O) groups excluding carboxylic acids is 1. The number of para-hydroxylation sites is 1. The molecule has 0 aromatic heterocycles. The van der Waals surface area contributed by atoms with Gasteiger partial charge in [-0.1, -0.05) is 31.0 Å². The summed E-state index contributed by atoms with van der Waals surface area (Å²) in [5.74, 6) is 0.763. The van der Waals surface area contributed by atoms with Crippen LogP contribution in [0.25, 0.3) is 0 Å². The van der Waals surface area contributed by atoms with Gasteiger partial charge in [0, 0.05) is 17.6 Å². The van der Waals surface area contributed by atoms with E-state index in [0.717, 1.165) is 37.0 Å². The van der Waals surface area contributed by atoms with E-state index in [9.17, 15) is 4.79 Å². The van der Waals surface area contributed by atoms with E-state index in [1.807, 2.05) is 31.2 Å². The van der Waals surface area contributed by atoms with E-state index < -0.39 is 0 Å². The highest BCUT2D eigenvalue weighted by Gasteiger charge is 2.37. The van der Waals surface area contributed by atoms with Crippen LogP contribution in [0, 0.1) is 5.92 Å². The smallest absolute Gasteiger partial charge is 0.225 e. The Morgan fingerprint density at radius 2 is 2.14 bits per heavy atom. The van der Waals surface area contributed by atoms with Gasteiger partial charge in [0.05, 0.1) is 13.0 Å². The number of methoxy groups -OCH3 is 1. The molecule has 1 aromatic rings. The minimum absolute atomic E-state index is 0. The van der Waals surface area contributed by atoms with Gasteiger partial charge in [0.2, 0.25) is 5.91 Å². The highest BCUT2D eigenvalue weighted by Crippen LogP contribution is 2.31. The van der Waals surface area contributed by atoms with Crippen LogP contribution >= 0.6 is 12.4 Å². The van der Waals surface area contributed by atoms with Crippen molar-refractivity contribution in [3.63, 3.8) is 0 Å². The molecule has 1 aliphatic carbocycles. The normalized spacial score (nSPS) is 24.8. The van der Waals surface area contributed by atoms with Gasteiger partial charge < -0.3 is 15.8 Å². The number of rotatable bonds is 4. The molecule has 2 unspecified atom stereocenters. The van der Waals surface area contributed by atoms with Gasteiger partial charge in [-0.3, -0.25) is 4.79 Å². The van der Waals surface area contributed by atoms with Crippen molar-refractivity contribution in [2.24, 2.45) is 11.7 Å². The molecular weight excluding hydrogens is 288 g/mol. The number of halogens is 1. The zero-order valence-corrected chi connectivity index (χ0v) is 13.5. The molecule has 0 heterocycles. The van der Waals surface area contributed by atoms with E-state index in [4.69, 9.17) is 10.5 Å². The molecule has 2 atom stereocenters. The molecular formula is C16H25ClN2O2. The van der Waals surface area contributed by atoms with Gasteiger partial charge in [-0.25, -0.2) is 0 Å². The molecule has 118 valence electrons. The van der Waals surface area contributed by atoms with Gasteiger partial charge in [-0.15, -0.1) is 12.4 Å². The fourth-order valence-electron chi connectivity index (χ4n) is 2.94. The summed E-state index contributed by atoms with van der Waals surface area (Å²) in [7, 11) is 1.64. The first-order valence-corrected chi connectivity index (χ1v) is 7.23. The Labute approximate surface area is 132 Å². The Bertz CT molecular complexity index is 477. The van der Waals surface area contributed by atoms with Crippen molar-refractivity contribution in [2.45, 2.75) is 44.7 Å².